The number of amides is 2. The van der Waals surface area contributed by atoms with Gasteiger partial charge in [-0.2, -0.15) is 0 Å². The van der Waals surface area contributed by atoms with Crippen LogP contribution < -0.4 is 15.4 Å². The molecule has 0 heterocycles. The van der Waals surface area contributed by atoms with Crippen LogP contribution >= 0.6 is 23.2 Å². The van der Waals surface area contributed by atoms with Crippen LogP contribution in [0.4, 0.5) is 21.0 Å². The summed E-state index contributed by atoms with van der Waals surface area (Å²) in [7, 11) is 1.47. The molecule has 0 radical (unpaired) electrons. The zero-order valence-electron chi connectivity index (χ0n) is 12.8. The first-order chi connectivity index (χ1) is 11.0. The molecule has 0 atom stereocenters. The number of hydrogen-bond donors (Lipinski definition) is 2. The van der Waals surface area contributed by atoms with Gasteiger partial charge < -0.3 is 14.2 Å². The van der Waals surface area contributed by atoms with E-state index in [9.17, 15) is 9.59 Å². The molecule has 0 aliphatic carbocycles. The van der Waals surface area contributed by atoms with Gasteiger partial charge in [-0.1, -0.05) is 0 Å². The van der Waals surface area contributed by atoms with Crippen molar-refractivity contribution >= 4 is 46.8 Å². The number of rotatable bonds is 7. The van der Waals surface area contributed by atoms with Crippen LogP contribution in [0.2, 0.25) is 0 Å². The summed E-state index contributed by atoms with van der Waals surface area (Å²) >= 11 is 10.9. The van der Waals surface area contributed by atoms with Gasteiger partial charge in [0.25, 0.3) is 0 Å². The van der Waals surface area contributed by atoms with Crippen molar-refractivity contribution in [3.8, 4) is 5.75 Å². The third kappa shape index (κ3) is 6.42. The highest BCUT2D eigenvalue weighted by Crippen LogP contribution is 2.32. The second kappa shape index (κ2) is 10.0. The lowest BCUT2D eigenvalue weighted by atomic mass is 10.1. The third-order valence-corrected chi connectivity index (χ3v) is 2.89. The van der Waals surface area contributed by atoms with Gasteiger partial charge in [0.1, 0.15) is 19.0 Å². The molecular weight excluding hydrogens is 347 g/mol. The Kier molecular flexibility index (Phi) is 8.36. The number of hydrogen-bond acceptors (Lipinski definition) is 5. The van der Waals surface area contributed by atoms with Gasteiger partial charge in [0.15, 0.2) is 0 Å². The normalized spacial score (nSPS) is 9.91. The van der Waals surface area contributed by atoms with Crippen LogP contribution in [-0.2, 0) is 9.47 Å². The molecule has 1 aromatic carbocycles. The number of carbonyl (C=O) groups excluding carboxylic acids is 2. The summed E-state index contributed by atoms with van der Waals surface area (Å²) in [5, 5.41) is 5.07. The fourth-order valence-electron chi connectivity index (χ4n) is 1.77. The zero-order chi connectivity index (χ0) is 17.2. The number of benzene rings is 1. The molecule has 7 nitrogen and oxygen atoms in total. The Morgan fingerprint density at radius 2 is 1.61 bits per heavy atom. The van der Waals surface area contributed by atoms with Gasteiger partial charge >= 0.3 is 12.2 Å². The summed E-state index contributed by atoms with van der Waals surface area (Å²) < 4.78 is 14.9. The SMILES string of the molecule is COc1c(C)cc(NC(=O)OCCCl)cc1NC(=O)OCCCl. The number of anilines is 2. The predicted molar refractivity (Wildman–Crippen MR) is 89.1 cm³/mol. The van der Waals surface area contributed by atoms with E-state index in [-0.39, 0.29) is 25.0 Å². The lowest BCUT2D eigenvalue weighted by Gasteiger charge is -2.15. The Morgan fingerprint density at radius 3 is 2.13 bits per heavy atom. The molecule has 2 N–H and O–H groups in total. The average Bonchev–Trinajstić information content (AvgIpc) is 2.50. The Labute approximate surface area is 144 Å². The summed E-state index contributed by atoms with van der Waals surface area (Å²) in [6.45, 7) is 1.94. The smallest absolute Gasteiger partial charge is 0.411 e. The molecule has 0 saturated carbocycles. The van der Waals surface area contributed by atoms with E-state index < -0.39 is 12.2 Å². The van der Waals surface area contributed by atoms with E-state index in [1.165, 1.54) is 13.2 Å². The van der Waals surface area contributed by atoms with Crippen molar-refractivity contribution in [2.24, 2.45) is 0 Å². The molecule has 0 aliphatic heterocycles. The third-order valence-electron chi connectivity index (χ3n) is 2.58. The molecule has 2 amide bonds. The zero-order valence-corrected chi connectivity index (χ0v) is 14.3. The van der Waals surface area contributed by atoms with E-state index >= 15 is 0 Å². The van der Waals surface area contributed by atoms with E-state index in [4.69, 9.17) is 37.4 Å². The number of alkyl halides is 2. The van der Waals surface area contributed by atoms with Crippen molar-refractivity contribution in [1.29, 1.82) is 0 Å². The molecule has 0 fully saturated rings. The summed E-state index contributed by atoms with van der Waals surface area (Å²) in [5.74, 6) is 0.846. The Morgan fingerprint density at radius 1 is 1.04 bits per heavy atom. The molecule has 0 aliphatic rings. The highest BCUT2D eigenvalue weighted by atomic mass is 35.5. The largest absolute Gasteiger partial charge is 0.494 e. The standard InChI is InChI=1S/C14H18Cl2N2O5/c1-9-7-10(17-13(19)22-5-3-15)8-11(12(9)21-2)18-14(20)23-6-4-16/h7-8H,3-6H2,1-2H3,(H,17,19)(H,18,20). The molecule has 0 aromatic heterocycles. The van der Waals surface area contributed by atoms with Crippen LogP contribution in [-0.4, -0.2) is 44.3 Å². The van der Waals surface area contributed by atoms with Crippen molar-refractivity contribution in [1.82, 2.24) is 0 Å². The Hall–Kier alpha value is -1.86. The second-order valence-electron chi connectivity index (χ2n) is 4.27. The fraction of sp³-hybridized carbons (Fsp3) is 0.429. The van der Waals surface area contributed by atoms with Gasteiger partial charge in [-0.05, 0) is 24.6 Å². The summed E-state index contributed by atoms with van der Waals surface area (Å²) in [4.78, 5) is 23.2. The first-order valence-corrected chi connectivity index (χ1v) is 7.76. The highest BCUT2D eigenvalue weighted by molar-refractivity contribution is 6.18. The number of aryl methyl sites for hydroxylation is 1. The van der Waals surface area contributed by atoms with Gasteiger partial charge in [0.2, 0.25) is 0 Å². The topological polar surface area (TPSA) is 85.9 Å². The summed E-state index contributed by atoms with van der Waals surface area (Å²) in [6.07, 6.45) is -1.32. The molecule has 0 spiro atoms. The van der Waals surface area contributed by atoms with Crippen molar-refractivity contribution in [2.75, 3.05) is 42.7 Å². The number of halogens is 2. The van der Waals surface area contributed by atoms with Gasteiger partial charge in [-0.3, -0.25) is 10.6 Å². The van der Waals surface area contributed by atoms with Crippen molar-refractivity contribution in [2.45, 2.75) is 6.92 Å². The quantitative estimate of drug-likeness (QED) is 0.722. The van der Waals surface area contributed by atoms with Crippen molar-refractivity contribution in [3.05, 3.63) is 17.7 Å². The van der Waals surface area contributed by atoms with Gasteiger partial charge in [0.05, 0.1) is 24.6 Å². The minimum atomic E-state index is -0.676. The number of nitrogens with one attached hydrogen (secondary N) is 2. The maximum Gasteiger partial charge on any atom is 0.411 e. The Bertz CT molecular complexity index is 554. The molecule has 1 rings (SSSR count). The molecule has 23 heavy (non-hydrogen) atoms. The van der Waals surface area contributed by atoms with Crippen molar-refractivity contribution < 1.29 is 23.8 Å². The van der Waals surface area contributed by atoms with E-state index in [1.807, 2.05) is 0 Å². The minimum Gasteiger partial charge on any atom is -0.494 e. The van der Waals surface area contributed by atoms with E-state index in [1.54, 1.807) is 13.0 Å². The molecule has 1 aromatic rings. The van der Waals surface area contributed by atoms with Crippen LogP contribution in [0.5, 0.6) is 5.75 Å². The van der Waals surface area contributed by atoms with Crippen LogP contribution in [0, 0.1) is 6.92 Å². The number of ether oxygens (including phenoxy) is 3. The first kappa shape index (κ1) is 19.2. The minimum absolute atomic E-state index is 0.0807. The van der Waals surface area contributed by atoms with E-state index in [2.05, 4.69) is 10.6 Å². The molecule has 0 bridgehead atoms. The van der Waals surface area contributed by atoms with Gasteiger partial charge in [-0.25, -0.2) is 9.59 Å². The van der Waals surface area contributed by atoms with Crippen LogP contribution in [0.25, 0.3) is 0 Å². The van der Waals surface area contributed by atoms with Gasteiger partial charge in [0, 0.05) is 5.69 Å². The Balaban J connectivity index is 2.90. The molecule has 128 valence electrons. The van der Waals surface area contributed by atoms with Crippen LogP contribution in [0.3, 0.4) is 0 Å². The average molecular weight is 365 g/mol. The van der Waals surface area contributed by atoms with Crippen LogP contribution in [0.1, 0.15) is 5.56 Å². The maximum atomic E-state index is 11.7. The number of methoxy groups -OCH3 is 1. The van der Waals surface area contributed by atoms with Crippen molar-refractivity contribution in [3.63, 3.8) is 0 Å². The predicted octanol–water partition coefficient (Wildman–Crippen LogP) is 3.58. The monoisotopic (exact) mass is 364 g/mol. The van der Waals surface area contributed by atoms with Gasteiger partial charge in [-0.15, -0.1) is 23.2 Å². The van der Waals surface area contributed by atoms with Crippen LogP contribution in [0.15, 0.2) is 12.1 Å². The molecule has 0 unspecified atom stereocenters. The molecular formula is C14H18Cl2N2O5. The van der Waals surface area contributed by atoms with E-state index in [0.717, 1.165) is 0 Å². The first-order valence-electron chi connectivity index (χ1n) is 6.70. The fourth-order valence-corrected chi connectivity index (χ4v) is 1.93. The van der Waals surface area contributed by atoms with E-state index in [0.29, 0.717) is 22.7 Å². The molecule has 0 saturated heterocycles. The lowest BCUT2D eigenvalue weighted by Crippen LogP contribution is -2.17. The second-order valence-corrected chi connectivity index (χ2v) is 5.03. The number of carbonyl (C=O) groups is 2. The maximum absolute atomic E-state index is 11.7. The highest BCUT2D eigenvalue weighted by Gasteiger charge is 2.14. The summed E-state index contributed by atoms with van der Waals surface area (Å²) in [5.41, 5.74) is 1.48. The molecule has 9 heteroatoms. The summed E-state index contributed by atoms with van der Waals surface area (Å²) in [6, 6.07) is 3.20. The lowest BCUT2D eigenvalue weighted by molar-refractivity contribution is 0.168.